The van der Waals surface area contributed by atoms with Crippen molar-refractivity contribution in [2.45, 2.75) is 18.5 Å². The van der Waals surface area contributed by atoms with Crippen molar-refractivity contribution in [1.29, 1.82) is 0 Å². The first-order valence-electron chi connectivity index (χ1n) is 6.04. The molecule has 1 amide bonds. The first-order valence-corrected chi connectivity index (χ1v) is 6.79. The van der Waals surface area contributed by atoms with Crippen LogP contribution in [0.4, 0.5) is 0 Å². The molecule has 2 atom stereocenters. The Kier molecular flexibility index (Phi) is 4.68. The minimum absolute atomic E-state index is 0.00513. The van der Waals surface area contributed by atoms with Crippen LogP contribution in [0.3, 0.4) is 0 Å². The molecule has 1 heterocycles. The van der Waals surface area contributed by atoms with E-state index in [-0.39, 0.29) is 18.0 Å². The fourth-order valence-corrected chi connectivity index (χ4v) is 3.05. The normalized spacial score (nSPS) is 23.2. The predicted molar refractivity (Wildman–Crippen MR) is 75.4 cm³/mol. The molecule has 2 N–H and O–H groups in total. The average molecular weight is 303 g/mol. The maximum Gasteiger partial charge on any atom is 0.224 e. The molecule has 0 spiro atoms. The van der Waals surface area contributed by atoms with Gasteiger partial charge in [-0.25, -0.2) is 0 Å². The Balaban J connectivity index is 2.36. The number of rotatable bonds is 4. The number of methoxy groups -OCH3 is 1. The third-order valence-corrected chi connectivity index (χ3v) is 3.96. The van der Waals surface area contributed by atoms with E-state index in [0.29, 0.717) is 29.6 Å². The van der Waals surface area contributed by atoms with Gasteiger partial charge in [-0.15, -0.1) is 0 Å². The second-order valence-corrected chi connectivity index (χ2v) is 5.34. The van der Waals surface area contributed by atoms with Crippen molar-refractivity contribution < 1.29 is 9.53 Å². The molecule has 19 heavy (non-hydrogen) atoms. The Morgan fingerprint density at radius 3 is 2.63 bits per heavy atom. The zero-order valence-electron chi connectivity index (χ0n) is 10.6. The molecule has 1 fully saturated rings. The molecule has 6 heteroatoms. The van der Waals surface area contributed by atoms with Gasteiger partial charge in [0.05, 0.1) is 12.6 Å². The standard InChI is InChI=1S/C13H16Cl2N2O2/c1-19-6-5-17-11(18)7-10(16)13(17)12-8(14)3-2-4-9(12)15/h2-4,10,13H,5-7,16H2,1H3. The van der Waals surface area contributed by atoms with Crippen LogP contribution in [-0.4, -0.2) is 37.1 Å². The van der Waals surface area contributed by atoms with Crippen LogP contribution in [0.2, 0.25) is 10.0 Å². The van der Waals surface area contributed by atoms with Crippen LogP contribution < -0.4 is 5.73 Å². The lowest BCUT2D eigenvalue weighted by Crippen LogP contribution is -2.35. The van der Waals surface area contributed by atoms with Gasteiger partial charge in [0.15, 0.2) is 0 Å². The molecule has 1 aromatic rings. The van der Waals surface area contributed by atoms with Crippen LogP contribution in [0.15, 0.2) is 18.2 Å². The summed E-state index contributed by atoms with van der Waals surface area (Å²) in [6.45, 7) is 0.937. The minimum Gasteiger partial charge on any atom is -0.383 e. The summed E-state index contributed by atoms with van der Waals surface area (Å²) in [5.74, 6) is 0.00513. The average Bonchev–Trinajstić information content (AvgIpc) is 2.62. The number of halogens is 2. The van der Waals surface area contributed by atoms with Gasteiger partial charge in [-0.05, 0) is 12.1 Å². The molecule has 1 aromatic carbocycles. The highest BCUT2D eigenvalue weighted by Gasteiger charge is 2.40. The van der Waals surface area contributed by atoms with Gasteiger partial charge >= 0.3 is 0 Å². The number of carbonyl (C=O) groups excluding carboxylic acids is 1. The number of nitrogens with two attached hydrogens (primary N) is 1. The van der Waals surface area contributed by atoms with Gasteiger partial charge < -0.3 is 15.4 Å². The van der Waals surface area contributed by atoms with Crippen molar-refractivity contribution in [2.75, 3.05) is 20.3 Å². The Hall–Kier alpha value is -0.810. The Bertz CT molecular complexity index is 461. The summed E-state index contributed by atoms with van der Waals surface area (Å²) >= 11 is 12.4. The van der Waals surface area contributed by atoms with Gasteiger partial charge in [-0.2, -0.15) is 0 Å². The molecule has 2 unspecified atom stereocenters. The van der Waals surface area contributed by atoms with E-state index in [1.54, 1.807) is 30.2 Å². The van der Waals surface area contributed by atoms with E-state index in [1.807, 2.05) is 0 Å². The summed E-state index contributed by atoms with van der Waals surface area (Å²) in [7, 11) is 1.60. The van der Waals surface area contributed by atoms with Crippen molar-refractivity contribution in [2.24, 2.45) is 5.73 Å². The Morgan fingerprint density at radius 2 is 2.05 bits per heavy atom. The summed E-state index contributed by atoms with van der Waals surface area (Å²) in [4.78, 5) is 13.7. The molecule has 1 aliphatic heterocycles. The molecule has 0 radical (unpaired) electrons. The van der Waals surface area contributed by atoms with Gasteiger partial charge in [0.1, 0.15) is 0 Å². The molecular formula is C13H16Cl2N2O2. The second-order valence-electron chi connectivity index (χ2n) is 4.53. The van der Waals surface area contributed by atoms with E-state index >= 15 is 0 Å². The van der Waals surface area contributed by atoms with Crippen LogP contribution in [0.1, 0.15) is 18.0 Å². The third kappa shape index (κ3) is 2.87. The Morgan fingerprint density at radius 1 is 1.42 bits per heavy atom. The second kappa shape index (κ2) is 6.09. The molecule has 2 rings (SSSR count). The lowest BCUT2D eigenvalue weighted by atomic mass is 10.0. The van der Waals surface area contributed by atoms with Crippen molar-refractivity contribution in [3.05, 3.63) is 33.8 Å². The number of nitrogens with zero attached hydrogens (tertiary/aromatic N) is 1. The third-order valence-electron chi connectivity index (χ3n) is 3.30. The summed E-state index contributed by atoms with van der Waals surface area (Å²) in [6, 6.07) is 4.70. The van der Waals surface area contributed by atoms with Crippen LogP contribution in [0, 0.1) is 0 Å². The predicted octanol–water partition coefficient (Wildman–Crippen LogP) is 2.24. The molecular weight excluding hydrogens is 287 g/mol. The van der Waals surface area contributed by atoms with Crippen LogP contribution in [0.25, 0.3) is 0 Å². The largest absolute Gasteiger partial charge is 0.383 e. The number of ether oxygens (including phenoxy) is 1. The van der Waals surface area contributed by atoms with Crippen molar-refractivity contribution in [3.8, 4) is 0 Å². The molecule has 0 saturated carbocycles. The van der Waals surface area contributed by atoms with Gasteiger partial charge in [0.25, 0.3) is 0 Å². The summed E-state index contributed by atoms with van der Waals surface area (Å²) in [5, 5.41) is 1.06. The smallest absolute Gasteiger partial charge is 0.224 e. The fraction of sp³-hybridized carbons (Fsp3) is 0.462. The topological polar surface area (TPSA) is 55.6 Å². The maximum atomic E-state index is 12.0. The Labute approximate surface area is 122 Å². The van der Waals surface area contributed by atoms with Crippen molar-refractivity contribution in [1.82, 2.24) is 4.90 Å². The summed E-state index contributed by atoms with van der Waals surface area (Å²) in [6.07, 6.45) is 0.302. The van der Waals surface area contributed by atoms with Crippen LogP contribution in [0.5, 0.6) is 0 Å². The molecule has 1 aliphatic rings. The highest BCUT2D eigenvalue weighted by molar-refractivity contribution is 6.36. The summed E-state index contributed by atoms with van der Waals surface area (Å²) < 4.78 is 5.03. The number of likely N-dealkylation sites (tertiary alicyclic amines) is 1. The fourth-order valence-electron chi connectivity index (χ4n) is 2.43. The lowest BCUT2D eigenvalue weighted by Gasteiger charge is -2.28. The SMILES string of the molecule is COCCN1C(=O)CC(N)C1c1c(Cl)cccc1Cl. The highest BCUT2D eigenvalue weighted by atomic mass is 35.5. The summed E-state index contributed by atoms with van der Waals surface area (Å²) in [5.41, 5.74) is 6.80. The number of carbonyl (C=O) groups is 1. The molecule has 4 nitrogen and oxygen atoms in total. The molecule has 104 valence electrons. The van der Waals surface area contributed by atoms with Gasteiger partial charge in [-0.3, -0.25) is 4.79 Å². The zero-order valence-corrected chi connectivity index (χ0v) is 12.1. The first-order chi connectivity index (χ1) is 9.06. The van der Waals surface area contributed by atoms with E-state index in [0.717, 1.165) is 5.56 Å². The van der Waals surface area contributed by atoms with Crippen molar-refractivity contribution >= 4 is 29.1 Å². The molecule has 1 saturated heterocycles. The molecule has 0 aliphatic carbocycles. The van der Waals surface area contributed by atoms with E-state index in [1.165, 1.54) is 0 Å². The highest BCUT2D eigenvalue weighted by Crippen LogP contribution is 2.39. The van der Waals surface area contributed by atoms with E-state index in [4.69, 9.17) is 33.7 Å². The van der Waals surface area contributed by atoms with Crippen molar-refractivity contribution in [3.63, 3.8) is 0 Å². The minimum atomic E-state index is -0.304. The molecule has 0 aromatic heterocycles. The molecule has 0 bridgehead atoms. The maximum absolute atomic E-state index is 12.0. The zero-order chi connectivity index (χ0) is 14.0. The van der Waals surface area contributed by atoms with E-state index < -0.39 is 0 Å². The quantitative estimate of drug-likeness (QED) is 0.928. The number of hydrogen-bond acceptors (Lipinski definition) is 3. The van der Waals surface area contributed by atoms with Gasteiger partial charge in [0.2, 0.25) is 5.91 Å². The van der Waals surface area contributed by atoms with Gasteiger partial charge in [-0.1, -0.05) is 29.3 Å². The number of amides is 1. The lowest BCUT2D eigenvalue weighted by molar-refractivity contribution is -0.129. The monoisotopic (exact) mass is 302 g/mol. The van der Waals surface area contributed by atoms with Crippen LogP contribution >= 0.6 is 23.2 Å². The van der Waals surface area contributed by atoms with E-state index in [2.05, 4.69) is 0 Å². The van der Waals surface area contributed by atoms with E-state index in [9.17, 15) is 4.79 Å². The number of benzene rings is 1. The number of hydrogen-bond donors (Lipinski definition) is 1. The van der Waals surface area contributed by atoms with Gasteiger partial charge in [0, 0.05) is 41.7 Å². The first kappa shape index (κ1) is 14.6. The van der Waals surface area contributed by atoms with Crippen LogP contribution in [-0.2, 0) is 9.53 Å².